The van der Waals surface area contributed by atoms with Crippen molar-refractivity contribution in [2.75, 3.05) is 11.9 Å². The molecule has 1 N–H and O–H groups in total. The number of allylic oxidation sites excluding steroid dienone is 1. The number of aromatic nitrogens is 3. The van der Waals surface area contributed by atoms with Crippen molar-refractivity contribution < 1.29 is 9.53 Å². The van der Waals surface area contributed by atoms with Gasteiger partial charge in [0.15, 0.2) is 0 Å². The number of benzene rings is 1. The highest BCUT2D eigenvalue weighted by Crippen LogP contribution is 2.35. The Kier molecular flexibility index (Phi) is 5.53. The van der Waals surface area contributed by atoms with Crippen molar-refractivity contribution in [2.24, 2.45) is 0 Å². The first-order chi connectivity index (χ1) is 12.1. The minimum atomic E-state index is -0.356. The molecule has 1 aromatic carbocycles. The smallest absolute Gasteiger partial charge is 0.338 e. The van der Waals surface area contributed by atoms with Crippen LogP contribution in [0, 0.1) is 0 Å². The third kappa shape index (κ3) is 3.76. The molecule has 0 aliphatic carbocycles. The van der Waals surface area contributed by atoms with Crippen LogP contribution in [0.1, 0.15) is 44.7 Å². The van der Waals surface area contributed by atoms with Crippen LogP contribution in [0.3, 0.4) is 0 Å². The monoisotopic (exact) mass is 404 g/mol. The minimum absolute atomic E-state index is 0.310. The van der Waals surface area contributed by atoms with E-state index in [1.54, 1.807) is 4.68 Å². The van der Waals surface area contributed by atoms with E-state index in [-0.39, 0.29) is 12.0 Å². The molecule has 1 atom stereocenters. The Hall–Kier alpha value is -2.15. The molecule has 3 rings (SSSR count). The van der Waals surface area contributed by atoms with Gasteiger partial charge in [-0.2, -0.15) is 10.1 Å². The maximum absolute atomic E-state index is 12.8. The SMILES string of the molecule is CCCCCOC(=O)C1=C(C)Nc2ncnn2[C@@H]1c1ccc(Br)cc1. The molecule has 132 valence electrons. The summed E-state index contributed by atoms with van der Waals surface area (Å²) in [5, 5.41) is 7.45. The van der Waals surface area contributed by atoms with Crippen LogP contribution >= 0.6 is 15.9 Å². The summed E-state index contributed by atoms with van der Waals surface area (Å²) in [5.41, 5.74) is 2.27. The Bertz CT molecular complexity index is 783. The summed E-state index contributed by atoms with van der Waals surface area (Å²) in [6.45, 7) is 4.42. The van der Waals surface area contributed by atoms with Crippen LogP contribution in [-0.2, 0) is 9.53 Å². The lowest BCUT2D eigenvalue weighted by Crippen LogP contribution is -2.29. The lowest BCUT2D eigenvalue weighted by molar-refractivity contribution is -0.139. The van der Waals surface area contributed by atoms with Crippen molar-refractivity contribution in [2.45, 2.75) is 39.2 Å². The average Bonchev–Trinajstić information content (AvgIpc) is 3.06. The fraction of sp³-hybridized carbons (Fsp3) is 0.389. The third-order valence-electron chi connectivity index (χ3n) is 4.18. The molecule has 2 aromatic rings. The molecule has 6 nitrogen and oxygen atoms in total. The fourth-order valence-electron chi connectivity index (χ4n) is 2.90. The second kappa shape index (κ2) is 7.82. The van der Waals surface area contributed by atoms with Gasteiger partial charge in [0.05, 0.1) is 12.2 Å². The average molecular weight is 405 g/mol. The molecule has 7 heteroatoms. The highest BCUT2D eigenvalue weighted by atomic mass is 79.9. The summed E-state index contributed by atoms with van der Waals surface area (Å²) in [5.74, 6) is 0.308. The zero-order valence-corrected chi connectivity index (χ0v) is 15.9. The normalized spacial score (nSPS) is 16.4. The van der Waals surface area contributed by atoms with Crippen LogP contribution in [0.5, 0.6) is 0 Å². The number of nitrogens with zero attached hydrogens (tertiary/aromatic N) is 3. The molecule has 25 heavy (non-hydrogen) atoms. The zero-order chi connectivity index (χ0) is 17.8. The van der Waals surface area contributed by atoms with Crippen LogP contribution in [0.2, 0.25) is 0 Å². The van der Waals surface area contributed by atoms with E-state index in [1.807, 2.05) is 31.2 Å². The second-order valence-electron chi connectivity index (χ2n) is 5.99. The zero-order valence-electron chi connectivity index (χ0n) is 14.3. The first-order valence-corrected chi connectivity index (χ1v) is 9.21. The minimum Gasteiger partial charge on any atom is -0.462 e. The largest absolute Gasteiger partial charge is 0.462 e. The van der Waals surface area contributed by atoms with Gasteiger partial charge in [-0.15, -0.1) is 0 Å². The number of esters is 1. The summed E-state index contributed by atoms with van der Waals surface area (Å²) in [6.07, 6.45) is 4.49. The molecule has 2 heterocycles. The molecular weight excluding hydrogens is 384 g/mol. The number of hydrogen-bond donors (Lipinski definition) is 1. The quantitative estimate of drug-likeness (QED) is 0.580. The summed E-state index contributed by atoms with van der Waals surface area (Å²) < 4.78 is 8.21. The van der Waals surface area contributed by atoms with Crippen molar-refractivity contribution >= 4 is 27.8 Å². The van der Waals surface area contributed by atoms with Gasteiger partial charge < -0.3 is 10.1 Å². The molecule has 0 bridgehead atoms. The lowest BCUT2D eigenvalue weighted by Gasteiger charge is -2.28. The van der Waals surface area contributed by atoms with Gasteiger partial charge >= 0.3 is 5.97 Å². The summed E-state index contributed by atoms with van der Waals surface area (Å²) >= 11 is 3.45. The van der Waals surface area contributed by atoms with Gasteiger partial charge in [-0.05, 0) is 31.0 Å². The standard InChI is InChI=1S/C18H21BrN4O2/c1-3-4-5-10-25-17(24)15-12(2)22-18-20-11-21-23(18)16(15)13-6-8-14(19)9-7-13/h6-9,11,16H,3-5,10H2,1-2H3,(H,20,21,22)/t16-/m1/s1. The molecule has 0 spiro atoms. The van der Waals surface area contributed by atoms with Gasteiger partial charge in [-0.3, -0.25) is 0 Å². The van der Waals surface area contributed by atoms with Gasteiger partial charge in [0.25, 0.3) is 0 Å². The molecule has 0 radical (unpaired) electrons. The third-order valence-corrected chi connectivity index (χ3v) is 4.71. The number of carbonyl (C=O) groups excluding carboxylic acids is 1. The van der Waals surface area contributed by atoms with E-state index in [0.717, 1.165) is 35.0 Å². The summed E-state index contributed by atoms with van der Waals surface area (Å²) in [6, 6.07) is 7.50. The summed E-state index contributed by atoms with van der Waals surface area (Å²) in [4.78, 5) is 17.0. The van der Waals surface area contributed by atoms with Gasteiger partial charge in [0.1, 0.15) is 12.4 Å². The van der Waals surface area contributed by atoms with E-state index in [4.69, 9.17) is 4.74 Å². The van der Waals surface area contributed by atoms with E-state index >= 15 is 0 Å². The molecule has 1 aliphatic heterocycles. The predicted molar refractivity (Wildman–Crippen MR) is 99.1 cm³/mol. The van der Waals surface area contributed by atoms with E-state index < -0.39 is 0 Å². The highest BCUT2D eigenvalue weighted by molar-refractivity contribution is 9.10. The van der Waals surface area contributed by atoms with E-state index in [1.165, 1.54) is 6.33 Å². The van der Waals surface area contributed by atoms with Crippen molar-refractivity contribution in [1.82, 2.24) is 14.8 Å². The van der Waals surface area contributed by atoms with Crippen LogP contribution in [0.15, 0.2) is 46.3 Å². The van der Waals surface area contributed by atoms with Crippen LogP contribution in [0.4, 0.5) is 5.95 Å². The number of carbonyl (C=O) groups is 1. The Labute approximate surface area is 155 Å². The van der Waals surface area contributed by atoms with Gasteiger partial charge in [-0.25, -0.2) is 9.48 Å². The number of anilines is 1. The van der Waals surface area contributed by atoms with Crippen molar-refractivity contribution in [1.29, 1.82) is 0 Å². The van der Waals surface area contributed by atoms with Crippen LogP contribution in [0.25, 0.3) is 0 Å². The van der Waals surface area contributed by atoms with Crippen molar-refractivity contribution in [3.63, 3.8) is 0 Å². The van der Waals surface area contributed by atoms with Crippen LogP contribution in [-0.4, -0.2) is 27.3 Å². The van der Waals surface area contributed by atoms with Crippen molar-refractivity contribution in [3.05, 3.63) is 51.9 Å². The number of nitrogens with one attached hydrogen (secondary N) is 1. The van der Waals surface area contributed by atoms with E-state index in [0.29, 0.717) is 18.1 Å². The first kappa shape index (κ1) is 17.7. The van der Waals surface area contributed by atoms with Gasteiger partial charge in [0, 0.05) is 10.2 Å². The molecule has 0 fully saturated rings. The first-order valence-electron chi connectivity index (χ1n) is 8.41. The Morgan fingerprint density at radius 2 is 2.08 bits per heavy atom. The maximum atomic E-state index is 12.8. The molecule has 0 unspecified atom stereocenters. The number of unbranched alkanes of at least 4 members (excludes halogenated alkanes) is 2. The van der Waals surface area contributed by atoms with Crippen LogP contribution < -0.4 is 5.32 Å². The number of fused-ring (bicyclic) bond motifs is 1. The number of ether oxygens (including phenoxy) is 1. The molecule has 0 saturated carbocycles. The maximum Gasteiger partial charge on any atom is 0.338 e. The Morgan fingerprint density at radius 1 is 1.32 bits per heavy atom. The fourth-order valence-corrected chi connectivity index (χ4v) is 3.17. The predicted octanol–water partition coefficient (Wildman–Crippen LogP) is 4.06. The number of halogens is 1. The molecule has 0 saturated heterocycles. The molecule has 1 aromatic heterocycles. The second-order valence-corrected chi connectivity index (χ2v) is 6.90. The molecular formula is C18H21BrN4O2. The van der Waals surface area contributed by atoms with E-state index in [2.05, 4.69) is 38.3 Å². The Morgan fingerprint density at radius 3 is 2.80 bits per heavy atom. The molecule has 1 aliphatic rings. The van der Waals surface area contributed by atoms with Gasteiger partial charge in [-0.1, -0.05) is 47.8 Å². The van der Waals surface area contributed by atoms with Gasteiger partial charge in [0.2, 0.25) is 5.95 Å². The summed E-state index contributed by atoms with van der Waals surface area (Å²) in [7, 11) is 0. The highest BCUT2D eigenvalue weighted by Gasteiger charge is 2.34. The van der Waals surface area contributed by atoms with E-state index in [9.17, 15) is 4.79 Å². The lowest BCUT2D eigenvalue weighted by atomic mass is 9.96. The van der Waals surface area contributed by atoms with Crippen molar-refractivity contribution in [3.8, 4) is 0 Å². The number of hydrogen-bond acceptors (Lipinski definition) is 5. The Balaban J connectivity index is 1.92. The molecule has 0 amide bonds. The topological polar surface area (TPSA) is 69.0 Å². The number of rotatable bonds is 6.